The number of nitrogens with two attached hydrogens (primary N) is 1. The molecule has 0 spiro atoms. The second-order valence-corrected chi connectivity index (χ2v) is 8.41. The molecular weight excluding hydrogens is 447 g/mol. The quantitative estimate of drug-likeness (QED) is 0.427. The molecule has 1 saturated heterocycles. The molecule has 1 fully saturated rings. The van der Waals surface area contributed by atoms with E-state index in [1.807, 2.05) is 6.07 Å². The summed E-state index contributed by atoms with van der Waals surface area (Å²) in [6.45, 7) is 2.53. The molecule has 0 aliphatic carbocycles. The lowest BCUT2D eigenvalue weighted by Crippen LogP contribution is -2.24. The highest BCUT2D eigenvalue weighted by atomic mass is 19.4. The van der Waals surface area contributed by atoms with Gasteiger partial charge in [-0.2, -0.15) is 18.2 Å². The van der Waals surface area contributed by atoms with Gasteiger partial charge < -0.3 is 26.0 Å². The summed E-state index contributed by atoms with van der Waals surface area (Å²) in [5.41, 5.74) is 6.13. The fourth-order valence-corrected chi connectivity index (χ4v) is 4.04. The van der Waals surface area contributed by atoms with Crippen molar-refractivity contribution in [1.29, 1.82) is 0 Å². The summed E-state index contributed by atoms with van der Waals surface area (Å²) in [5.74, 6) is 1.83. The third-order valence-corrected chi connectivity index (χ3v) is 5.81. The van der Waals surface area contributed by atoms with Gasteiger partial charge in [0, 0.05) is 44.3 Å². The number of aliphatic hydroxyl groups is 1. The summed E-state index contributed by atoms with van der Waals surface area (Å²) < 4.78 is 39.4. The van der Waals surface area contributed by atoms with Gasteiger partial charge in [0.25, 0.3) is 0 Å². The number of alkyl halides is 3. The van der Waals surface area contributed by atoms with E-state index in [0.29, 0.717) is 42.4 Å². The van der Waals surface area contributed by atoms with E-state index in [9.17, 15) is 18.3 Å². The van der Waals surface area contributed by atoms with E-state index in [1.54, 1.807) is 24.2 Å². The fourth-order valence-electron chi connectivity index (χ4n) is 4.04. The van der Waals surface area contributed by atoms with Crippen LogP contribution in [0.2, 0.25) is 0 Å². The number of nitrogen functional groups attached to an aromatic ring is 1. The van der Waals surface area contributed by atoms with Crippen LogP contribution in [0, 0.1) is 0 Å². The minimum atomic E-state index is -4.45. The Kier molecular flexibility index (Phi) is 6.92. The minimum Gasteiger partial charge on any atom is -0.399 e. The average molecular weight is 476 g/mol. The molecule has 11 heteroatoms. The standard InChI is InChI=1S/C23H28F3N7O/c1-32(8-9-34)22-30-19-14-29-20(33-6-2-3-7-33)13-18(19)21(31-22)28-5-4-15-10-16(23(24,25)26)12-17(27)11-15/h10-14,34H,2-9,27H2,1H3,(H,28,30,31). The van der Waals surface area contributed by atoms with E-state index < -0.39 is 11.7 Å². The number of aromatic nitrogens is 3. The highest BCUT2D eigenvalue weighted by Crippen LogP contribution is 2.32. The van der Waals surface area contributed by atoms with Gasteiger partial charge in [0.15, 0.2) is 0 Å². The normalized spacial score (nSPS) is 14.1. The van der Waals surface area contributed by atoms with Crippen molar-refractivity contribution in [2.45, 2.75) is 25.4 Å². The topological polar surface area (TPSA) is 103 Å². The second kappa shape index (κ2) is 9.88. The first-order valence-corrected chi connectivity index (χ1v) is 11.2. The van der Waals surface area contributed by atoms with Crippen LogP contribution in [-0.4, -0.2) is 59.9 Å². The van der Waals surface area contributed by atoms with Crippen molar-refractivity contribution in [3.05, 3.63) is 41.6 Å². The molecule has 0 unspecified atom stereocenters. The van der Waals surface area contributed by atoms with Crippen molar-refractivity contribution in [1.82, 2.24) is 15.0 Å². The lowest BCUT2D eigenvalue weighted by molar-refractivity contribution is -0.137. The Bertz CT molecular complexity index is 1150. The van der Waals surface area contributed by atoms with Crippen LogP contribution in [0.5, 0.6) is 0 Å². The van der Waals surface area contributed by atoms with Gasteiger partial charge in [0.05, 0.1) is 23.9 Å². The Morgan fingerprint density at radius 1 is 1.15 bits per heavy atom. The molecule has 4 N–H and O–H groups in total. The maximum atomic E-state index is 13.1. The fraction of sp³-hybridized carbons (Fsp3) is 0.435. The number of nitrogens with one attached hydrogen (secondary N) is 1. The molecule has 1 aromatic carbocycles. The first-order chi connectivity index (χ1) is 16.2. The number of anilines is 4. The third-order valence-electron chi connectivity index (χ3n) is 5.81. The van der Waals surface area contributed by atoms with E-state index in [0.717, 1.165) is 49.3 Å². The second-order valence-electron chi connectivity index (χ2n) is 8.41. The van der Waals surface area contributed by atoms with E-state index in [-0.39, 0.29) is 12.3 Å². The number of halogens is 3. The average Bonchev–Trinajstić information content (AvgIpc) is 3.33. The van der Waals surface area contributed by atoms with Crippen molar-refractivity contribution in [3.8, 4) is 0 Å². The van der Waals surface area contributed by atoms with Gasteiger partial charge in [-0.3, -0.25) is 0 Å². The van der Waals surface area contributed by atoms with E-state index >= 15 is 0 Å². The molecule has 0 saturated carbocycles. The zero-order valence-electron chi connectivity index (χ0n) is 18.9. The van der Waals surface area contributed by atoms with E-state index in [1.165, 1.54) is 0 Å². The highest BCUT2D eigenvalue weighted by Gasteiger charge is 2.31. The summed E-state index contributed by atoms with van der Waals surface area (Å²) in [4.78, 5) is 17.7. The minimum absolute atomic E-state index is 0.0518. The molecule has 0 bridgehead atoms. The molecule has 4 rings (SSSR count). The van der Waals surface area contributed by atoms with Crippen LogP contribution in [-0.2, 0) is 12.6 Å². The SMILES string of the molecule is CN(CCO)c1nc(NCCc2cc(N)cc(C(F)(F)F)c2)c2cc(N3CCCC3)ncc2n1. The van der Waals surface area contributed by atoms with Crippen molar-refractivity contribution in [2.24, 2.45) is 0 Å². The molecule has 8 nitrogen and oxygen atoms in total. The first-order valence-electron chi connectivity index (χ1n) is 11.2. The molecular formula is C23H28F3N7O. The maximum Gasteiger partial charge on any atom is 0.416 e. The Morgan fingerprint density at radius 2 is 1.91 bits per heavy atom. The monoisotopic (exact) mass is 475 g/mol. The molecule has 2 aromatic heterocycles. The lowest BCUT2D eigenvalue weighted by atomic mass is 10.1. The summed E-state index contributed by atoms with van der Waals surface area (Å²) >= 11 is 0. The number of fused-ring (bicyclic) bond motifs is 1. The van der Waals surface area contributed by atoms with Crippen molar-refractivity contribution in [2.75, 3.05) is 60.7 Å². The summed E-state index contributed by atoms with van der Waals surface area (Å²) in [6.07, 6.45) is -0.185. The number of aliphatic hydroxyl groups excluding tert-OH is 1. The predicted octanol–water partition coefficient (Wildman–Crippen LogP) is 3.31. The van der Waals surface area contributed by atoms with Gasteiger partial charge in [-0.05, 0) is 49.1 Å². The van der Waals surface area contributed by atoms with Gasteiger partial charge in [-0.15, -0.1) is 0 Å². The Hall–Kier alpha value is -3.34. The van der Waals surface area contributed by atoms with Crippen LogP contribution in [0.25, 0.3) is 10.9 Å². The number of hydrogen-bond acceptors (Lipinski definition) is 8. The molecule has 0 atom stereocenters. The van der Waals surface area contributed by atoms with E-state index in [2.05, 4.69) is 25.2 Å². The van der Waals surface area contributed by atoms with Gasteiger partial charge >= 0.3 is 6.18 Å². The largest absolute Gasteiger partial charge is 0.416 e. The van der Waals surface area contributed by atoms with Crippen molar-refractivity contribution >= 4 is 34.2 Å². The molecule has 0 amide bonds. The van der Waals surface area contributed by atoms with Crippen molar-refractivity contribution in [3.63, 3.8) is 0 Å². The molecule has 34 heavy (non-hydrogen) atoms. The predicted molar refractivity (Wildman–Crippen MR) is 127 cm³/mol. The molecule has 1 aliphatic rings. The zero-order chi connectivity index (χ0) is 24.3. The van der Waals surface area contributed by atoms with Gasteiger partial charge in [0.2, 0.25) is 5.95 Å². The zero-order valence-corrected chi connectivity index (χ0v) is 18.9. The number of nitrogens with zero attached hydrogens (tertiary/aromatic N) is 5. The summed E-state index contributed by atoms with van der Waals surface area (Å²) in [5, 5.41) is 13.3. The highest BCUT2D eigenvalue weighted by molar-refractivity contribution is 5.91. The van der Waals surface area contributed by atoms with E-state index in [4.69, 9.17) is 5.73 Å². The smallest absolute Gasteiger partial charge is 0.399 e. The van der Waals surface area contributed by atoms with Crippen LogP contribution in [0.4, 0.5) is 36.4 Å². The van der Waals surface area contributed by atoms with Crippen LogP contribution >= 0.6 is 0 Å². The van der Waals surface area contributed by atoms with Crippen LogP contribution in [0.1, 0.15) is 24.0 Å². The number of pyridine rings is 1. The lowest BCUT2D eigenvalue weighted by Gasteiger charge is -2.20. The molecule has 1 aliphatic heterocycles. The number of benzene rings is 1. The third kappa shape index (κ3) is 5.41. The van der Waals surface area contributed by atoms with Crippen LogP contribution < -0.4 is 20.9 Å². The first kappa shape index (κ1) is 23.8. The van der Waals surface area contributed by atoms with Gasteiger partial charge in [-0.25, -0.2) is 9.97 Å². The Balaban J connectivity index is 1.61. The summed E-state index contributed by atoms with van der Waals surface area (Å²) in [7, 11) is 1.78. The van der Waals surface area contributed by atoms with Gasteiger partial charge in [-0.1, -0.05) is 0 Å². The van der Waals surface area contributed by atoms with Crippen LogP contribution in [0.3, 0.4) is 0 Å². The number of rotatable bonds is 8. The molecule has 182 valence electrons. The Labute approximate surface area is 195 Å². The summed E-state index contributed by atoms with van der Waals surface area (Å²) in [6, 6.07) is 5.54. The number of hydrogen-bond donors (Lipinski definition) is 3. The number of likely N-dealkylation sites (N-methyl/N-ethyl adjacent to an activating group) is 1. The van der Waals surface area contributed by atoms with Crippen LogP contribution in [0.15, 0.2) is 30.5 Å². The molecule has 3 aromatic rings. The maximum absolute atomic E-state index is 13.1. The molecule has 0 radical (unpaired) electrons. The van der Waals surface area contributed by atoms with Gasteiger partial charge in [0.1, 0.15) is 11.6 Å². The molecule has 3 heterocycles. The van der Waals surface area contributed by atoms with Crippen molar-refractivity contribution < 1.29 is 18.3 Å². The Morgan fingerprint density at radius 3 is 2.62 bits per heavy atom.